The van der Waals surface area contributed by atoms with Gasteiger partial charge in [-0.1, -0.05) is 6.07 Å². The van der Waals surface area contributed by atoms with E-state index in [1.54, 1.807) is 18.4 Å². The molecule has 0 aromatic carbocycles. The lowest BCUT2D eigenvalue weighted by Crippen LogP contribution is -2.50. The maximum absolute atomic E-state index is 12.9. The molecule has 0 saturated carbocycles. The Morgan fingerprint density at radius 2 is 2.00 bits per heavy atom. The normalized spacial score (nSPS) is 27.4. The molecule has 2 aliphatic heterocycles. The lowest BCUT2D eigenvalue weighted by atomic mass is 9.95. The molecule has 1 aromatic heterocycles. The maximum atomic E-state index is 12.9. The fraction of sp³-hybridized carbons (Fsp3) is 0.688. The highest BCUT2D eigenvalue weighted by Gasteiger charge is 2.49. The lowest BCUT2D eigenvalue weighted by Gasteiger charge is -2.36. The van der Waals surface area contributed by atoms with Crippen LogP contribution in [0.1, 0.15) is 19.8 Å². The molecule has 7 nitrogen and oxygen atoms in total. The number of esters is 1. The summed E-state index contributed by atoms with van der Waals surface area (Å²) in [5.74, 6) is -0.910. The fourth-order valence-electron chi connectivity index (χ4n) is 3.74. The first-order chi connectivity index (χ1) is 12.2. The fourth-order valence-corrected chi connectivity index (χ4v) is 9.79. The van der Waals surface area contributed by atoms with Crippen molar-refractivity contribution in [3.63, 3.8) is 0 Å². The Balaban J connectivity index is 1.77. The zero-order valence-corrected chi connectivity index (χ0v) is 17.0. The Kier molecular flexibility index (Phi) is 5.76. The van der Waals surface area contributed by atoms with Crippen LogP contribution in [0.4, 0.5) is 0 Å². The molecule has 0 bridgehead atoms. The molecule has 2 saturated heterocycles. The summed E-state index contributed by atoms with van der Waals surface area (Å²) >= 11 is 1.11. The summed E-state index contributed by atoms with van der Waals surface area (Å²) in [7, 11) is -7.11. The van der Waals surface area contributed by atoms with Crippen molar-refractivity contribution in [1.82, 2.24) is 4.90 Å². The quantitative estimate of drug-likeness (QED) is 0.653. The number of rotatable bonds is 5. The number of sulfone groups is 2. The van der Waals surface area contributed by atoms with Crippen LogP contribution in [0.2, 0.25) is 0 Å². The molecule has 0 spiro atoms. The monoisotopic (exact) mass is 421 g/mol. The van der Waals surface area contributed by atoms with Crippen molar-refractivity contribution in [3.8, 4) is 0 Å². The van der Waals surface area contributed by atoms with E-state index in [0.29, 0.717) is 32.5 Å². The van der Waals surface area contributed by atoms with E-state index in [2.05, 4.69) is 0 Å². The largest absolute Gasteiger partial charge is 0.466 e. The maximum Gasteiger partial charge on any atom is 0.309 e. The third-order valence-electron chi connectivity index (χ3n) is 5.06. The number of nitrogens with zero attached hydrogens (tertiary/aromatic N) is 1. The third-order valence-corrected chi connectivity index (χ3v) is 10.6. The number of likely N-dealkylation sites (tertiary alicyclic amines) is 1. The van der Waals surface area contributed by atoms with Crippen molar-refractivity contribution < 1.29 is 26.4 Å². The molecule has 3 heterocycles. The predicted molar refractivity (Wildman–Crippen MR) is 98.7 cm³/mol. The topological polar surface area (TPSA) is 97.8 Å². The van der Waals surface area contributed by atoms with Crippen LogP contribution in [0.25, 0.3) is 0 Å². The number of ether oxygens (including phenoxy) is 1. The first-order valence-corrected chi connectivity index (χ1v) is 12.9. The molecule has 146 valence electrons. The van der Waals surface area contributed by atoms with E-state index in [-0.39, 0.29) is 27.6 Å². The smallest absolute Gasteiger partial charge is 0.309 e. The second-order valence-corrected chi connectivity index (χ2v) is 12.2. The Bertz CT molecular complexity index is 839. The van der Waals surface area contributed by atoms with Gasteiger partial charge in [0.2, 0.25) is 0 Å². The molecule has 0 aliphatic carbocycles. The molecule has 26 heavy (non-hydrogen) atoms. The second-order valence-electron chi connectivity index (χ2n) is 6.72. The average molecular weight is 422 g/mol. The van der Waals surface area contributed by atoms with E-state index in [4.69, 9.17) is 4.74 Å². The van der Waals surface area contributed by atoms with E-state index in [1.165, 1.54) is 6.07 Å². The minimum absolute atomic E-state index is 0.146. The number of carbonyl (C=O) groups excluding carboxylic acids is 1. The predicted octanol–water partition coefficient (Wildman–Crippen LogP) is 0.963. The van der Waals surface area contributed by atoms with Gasteiger partial charge in [-0.15, -0.1) is 11.3 Å². The van der Waals surface area contributed by atoms with Gasteiger partial charge in [0.25, 0.3) is 0 Å². The molecular formula is C16H23NO6S3. The molecule has 10 heteroatoms. The van der Waals surface area contributed by atoms with Gasteiger partial charge in [0.1, 0.15) is 4.21 Å². The van der Waals surface area contributed by atoms with Crippen molar-refractivity contribution in [3.05, 3.63) is 17.5 Å². The van der Waals surface area contributed by atoms with Crippen molar-refractivity contribution in [2.45, 2.75) is 35.3 Å². The van der Waals surface area contributed by atoms with Crippen LogP contribution < -0.4 is 0 Å². The summed E-state index contributed by atoms with van der Waals surface area (Å²) in [5.41, 5.74) is 0. The zero-order valence-electron chi connectivity index (χ0n) is 14.5. The first-order valence-electron chi connectivity index (χ1n) is 8.63. The van der Waals surface area contributed by atoms with Gasteiger partial charge in [0.05, 0.1) is 29.3 Å². The van der Waals surface area contributed by atoms with E-state index >= 15 is 0 Å². The van der Waals surface area contributed by atoms with Gasteiger partial charge in [0.15, 0.2) is 19.7 Å². The third kappa shape index (κ3) is 3.97. The van der Waals surface area contributed by atoms with Crippen molar-refractivity contribution in [2.24, 2.45) is 5.92 Å². The van der Waals surface area contributed by atoms with E-state index < -0.39 is 31.0 Å². The second kappa shape index (κ2) is 7.57. The number of thiophene rings is 1. The van der Waals surface area contributed by atoms with Crippen LogP contribution in [0, 0.1) is 5.92 Å². The van der Waals surface area contributed by atoms with Crippen LogP contribution in [0.15, 0.2) is 21.7 Å². The van der Waals surface area contributed by atoms with Gasteiger partial charge in [-0.05, 0) is 44.3 Å². The van der Waals surface area contributed by atoms with Crippen molar-refractivity contribution in [2.75, 3.05) is 31.2 Å². The lowest BCUT2D eigenvalue weighted by molar-refractivity contribution is -0.149. The molecule has 2 aliphatic rings. The first kappa shape index (κ1) is 19.8. The van der Waals surface area contributed by atoms with Gasteiger partial charge < -0.3 is 4.74 Å². The summed E-state index contributed by atoms with van der Waals surface area (Å²) < 4.78 is 55.6. The highest BCUT2D eigenvalue weighted by molar-refractivity contribution is 7.97. The van der Waals surface area contributed by atoms with E-state index in [1.807, 2.05) is 4.90 Å². The highest BCUT2D eigenvalue weighted by atomic mass is 32.2. The molecule has 1 aromatic rings. The molecule has 3 rings (SSSR count). The molecule has 0 unspecified atom stereocenters. The Hall–Kier alpha value is -0.970. The summed E-state index contributed by atoms with van der Waals surface area (Å²) in [4.78, 5) is 13.8. The van der Waals surface area contributed by atoms with Crippen LogP contribution in [0.3, 0.4) is 0 Å². The number of hydrogen-bond donors (Lipinski definition) is 0. The SMILES string of the molecule is CCOC(=O)C1CCN([C@@H]2CS(=O)(=O)C[C@H]2S(=O)(=O)c2cccs2)CC1. The van der Waals surface area contributed by atoms with E-state index in [9.17, 15) is 21.6 Å². The van der Waals surface area contributed by atoms with Crippen LogP contribution in [-0.2, 0) is 29.2 Å². The summed E-state index contributed by atoms with van der Waals surface area (Å²) in [6, 6.07) is 2.62. The number of carbonyl (C=O) groups is 1. The molecule has 2 fully saturated rings. The van der Waals surface area contributed by atoms with Crippen LogP contribution in [0.5, 0.6) is 0 Å². The Labute approximate surface area is 158 Å². The van der Waals surface area contributed by atoms with E-state index in [0.717, 1.165) is 11.3 Å². The molecule has 0 radical (unpaired) electrons. The van der Waals surface area contributed by atoms with Gasteiger partial charge in [-0.3, -0.25) is 9.69 Å². The molecule has 0 N–H and O–H groups in total. The minimum Gasteiger partial charge on any atom is -0.466 e. The van der Waals surface area contributed by atoms with Gasteiger partial charge in [0, 0.05) is 6.04 Å². The highest BCUT2D eigenvalue weighted by Crippen LogP contribution is 2.33. The van der Waals surface area contributed by atoms with Crippen molar-refractivity contribution in [1.29, 1.82) is 0 Å². The van der Waals surface area contributed by atoms with Gasteiger partial charge in [-0.2, -0.15) is 0 Å². The average Bonchev–Trinajstić information content (AvgIpc) is 3.23. The van der Waals surface area contributed by atoms with Crippen molar-refractivity contribution >= 4 is 37.0 Å². The van der Waals surface area contributed by atoms with Gasteiger partial charge >= 0.3 is 5.97 Å². The zero-order chi connectivity index (χ0) is 18.9. The molecular weight excluding hydrogens is 398 g/mol. The Morgan fingerprint density at radius 3 is 2.58 bits per heavy atom. The van der Waals surface area contributed by atoms with Gasteiger partial charge in [-0.25, -0.2) is 16.8 Å². The van der Waals surface area contributed by atoms with Crippen LogP contribution in [-0.4, -0.2) is 70.2 Å². The minimum atomic E-state index is -3.70. The summed E-state index contributed by atoms with van der Waals surface area (Å²) in [5, 5.41) is 0.723. The molecule has 2 atom stereocenters. The molecule has 0 amide bonds. The Morgan fingerprint density at radius 1 is 1.31 bits per heavy atom. The number of piperidine rings is 1. The van der Waals surface area contributed by atoms with Crippen LogP contribution >= 0.6 is 11.3 Å². The standard InChI is InChI=1S/C16H23NO6S3/c1-2-23-16(18)12-5-7-17(8-6-12)13-10-25(19,20)11-14(13)26(21,22)15-4-3-9-24-15/h3-4,9,12-14H,2,5-8,10-11H2,1H3/t13-,14-/m1/s1. The summed E-state index contributed by atoms with van der Waals surface area (Å²) in [6.07, 6.45) is 1.11. The summed E-state index contributed by atoms with van der Waals surface area (Å²) in [6.45, 7) is 3.09. The number of hydrogen-bond acceptors (Lipinski definition) is 8.